The highest BCUT2D eigenvalue weighted by atomic mass is 32.1. The maximum absolute atomic E-state index is 13.7. The van der Waals surface area contributed by atoms with E-state index in [9.17, 15) is 4.79 Å². The van der Waals surface area contributed by atoms with Gasteiger partial charge < -0.3 is 10.1 Å². The van der Waals surface area contributed by atoms with E-state index in [-0.39, 0.29) is 16.7 Å². The van der Waals surface area contributed by atoms with E-state index in [2.05, 4.69) is 39.9 Å². The van der Waals surface area contributed by atoms with Crippen LogP contribution in [0.25, 0.3) is 0 Å². The average Bonchev–Trinajstić information content (AvgIpc) is 3.45. The van der Waals surface area contributed by atoms with Crippen LogP contribution in [-0.4, -0.2) is 36.0 Å². The highest BCUT2D eigenvalue weighted by Crippen LogP contribution is 2.66. The number of nitrogens with one attached hydrogen (secondary N) is 1. The van der Waals surface area contributed by atoms with E-state index in [1.165, 1.54) is 50.8 Å². The highest BCUT2D eigenvalue weighted by molar-refractivity contribution is 7.13. The normalized spacial score (nSPS) is 33.5. The number of ether oxygens (including phenoxy) is 1. The zero-order valence-corrected chi connectivity index (χ0v) is 19.8. The molecule has 1 aliphatic heterocycles. The third-order valence-corrected chi connectivity index (χ3v) is 9.41. The Kier molecular flexibility index (Phi) is 5.06. The molecule has 5 fully saturated rings. The van der Waals surface area contributed by atoms with Crippen molar-refractivity contribution in [1.29, 1.82) is 0 Å². The van der Waals surface area contributed by atoms with Gasteiger partial charge in [0.1, 0.15) is 5.75 Å². The molecule has 0 spiro atoms. The van der Waals surface area contributed by atoms with Crippen LogP contribution < -0.4 is 10.1 Å². The second kappa shape index (κ2) is 7.84. The van der Waals surface area contributed by atoms with Gasteiger partial charge in [-0.1, -0.05) is 12.1 Å². The van der Waals surface area contributed by atoms with Crippen LogP contribution in [-0.2, 0) is 16.8 Å². The first kappa shape index (κ1) is 20.7. The van der Waals surface area contributed by atoms with Crippen LogP contribution in [0.5, 0.6) is 5.75 Å². The van der Waals surface area contributed by atoms with Crippen molar-refractivity contribution in [3.05, 3.63) is 40.9 Å². The highest BCUT2D eigenvalue weighted by Gasteiger charge is 2.61. The van der Waals surface area contributed by atoms with E-state index in [4.69, 9.17) is 9.72 Å². The number of hydrogen-bond donors (Lipinski definition) is 1. The van der Waals surface area contributed by atoms with Crippen molar-refractivity contribution in [3.8, 4) is 5.75 Å². The molecule has 4 saturated carbocycles. The fourth-order valence-electron chi connectivity index (χ4n) is 7.65. The van der Waals surface area contributed by atoms with Gasteiger partial charge in [-0.05, 0) is 99.4 Å². The molecule has 5 nitrogen and oxygen atoms in total. The summed E-state index contributed by atoms with van der Waals surface area (Å²) in [5, 5.41) is 6.15. The van der Waals surface area contributed by atoms with Gasteiger partial charge in [0.2, 0.25) is 5.91 Å². The Balaban J connectivity index is 1.21. The molecule has 170 valence electrons. The first-order valence-corrected chi connectivity index (χ1v) is 13.1. The molecule has 6 heteroatoms. The molecule has 32 heavy (non-hydrogen) atoms. The van der Waals surface area contributed by atoms with E-state index in [0.717, 1.165) is 42.4 Å². The average molecular weight is 452 g/mol. The van der Waals surface area contributed by atoms with Gasteiger partial charge in [-0.15, -0.1) is 11.3 Å². The summed E-state index contributed by atoms with van der Waals surface area (Å²) in [6.45, 7) is 3.24. The lowest BCUT2D eigenvalue weighted by atomic mass is 9.42. The van der Waals surface area contributed by atoms with Gasteiger partial charge >= 0.3 is 0 Å². The van der Waals surface area contributed by atoms with Gasteiger partial charge in [0.05, 0.1) is 18.2 Å². The molecule has 2 unspecified atom stereocenters. The fourth-order valence-corrected chi connectivity index (χ4v) is 8.34. The molecule has 1 aromatic carbocycles. The zero-order chi connectivity index (χ0) is 21.8. The molecule has 2 atom stereocenters. The van der Waals surface area contributed by atoms with Crippen molar-refractivity contribution in [2.24, 2.45) is 17.3 Å². The number of nitrogens with zero attached hydrogens (tertiary/aromatic N) is 2. The van der Waals surface area contributed by atoms with Crippen LogP contribution in [0.3, 0.4) is 0 Å². The summed E-state index contributed by atoms with van der Waals surface area (Å²) in [5.74, 6) is 2.43. The third-order valence-electron chi connectivity index (χ3n) is 8.60. The Morgan fingerprint density at radius 1 is 1.16 bits per heavy atom. The lowest BCUT2D eigenvalue weighted by Gasteiger charge is -2.61. The smallest absolute Gasteiger partial charge is 0.232 e. The largest absolute Gasteiger partial charge is 0.497 e. The zero-order valence-electron chi connectivity index (χ0n) is 18.9. The van der Waals surface area contributed by atoms with E-state index in [1.54, 1.807) is 18.4 Å². The molecule has 1 N–H and O–H groups in total. The van der Waals surface area contributed by atoms with Crippen molar-refractivity contribution in [1.82, 2.24) is 9.88 Å². The van der Waals surface area contributed by atoms with Crippen molar-refractivity contribution in [3.63, 3.8) is 0 Å². The number of carbonyl (C=O) groups is 1. The standard InChI is InChI=1S/C26H33N3O2S/c1-31-22-6-4-20(5-7-22)25-11-18-10-19(12-25)14-26(13-18,17-25)23(30)28-24-27-21(16-32-24)15-29-8-2-3-9-29/h4-7,16,18-19H,2-3,8-15,17H2,1H3,(H,27,28,30). The quantitative estimate of drug-likeness (QED) is 0.654. The van der Waals surface area contributed by atoms with E-state index < -0.39 is 0 Å². The summed E-state index contributed by atoms with van der Waals surface area (Å²) in [7, 11) is 1.72. The van der Waals surface area contributed by atoms with Crippen LogP contribution in [0.4, 0.5) is 5.13 Å². The number of aromatic nitrogens is 1. The lowest BCUT2D eigenvalue weighted by Crippen LogP contribution is -2.57. The Morgan fingerprint density at radius 3 is 2.56 bits per heavy atom. The van der Waals surface area contributed by atoms with Crippen molar-refractivity contribution in [2.45, 2.75) is 63.3 Å². The van der Waals surface area contributed by atoms with Crippen LogP contribution in [0, 0.1) is 17.3 Å². The molecular formula is C26H33N3O2S. The molecule has 2 aromatic rings. The first-order chi connectivity index (χ1) is 15.6. The van der Waals surface area contributed by atoms with Crippen LogP contribution >= 0.6 is 11.3 Å². The number of hydrogen-bond acceptors (Lipinski definition) is 5. The molecule has 1 amide bonds. The monoisotopic (exact) mass is 451 g/mol. The summed E-state index contributed by atoms with van der Waals surface area (Å²) in [6, 6.07) is 8.64. The number of methoxy groups -OCH3 is 1. The Morgan fingerprint density at radius 2 is 1.88 bits per heavy atom. The number of benzene rings is 1. The number of amides is 1. The molecule has 0 radical (unpaired) electrons. The number of likely N-dealkylation sites (tertiary alicyclic amines) is 1. The predicted molar refractivity (Wildman–Crippen MR) is 127 cm³/mol. The summed E-state index contributed by atoms with van der Waals surface area (Å²) in [5.41, 5.74) is 2.38. The van der Waals surface area contributed by atoms with E-state index in [1.807, 2.05) is 0 Å². The number of thiazole rings is 1. The second-order valence-corrected chi connectivity index (χ2v) is 11.7. The summed E-state index contributed by atoms with van der Waals surface area (Å²) in [6.07, 6.45) is 9.37. The van der Waals surface area contributed by atoms with E-state index >= 15 is 0 Å². The van der Waals surface area contributed by atoms with Crippen molar-refractivity contribution >= 4 is 22.4 Å². The van der Waals surface area contributed by atoms with Gasteiger partial charge in [0.25, 0.3) is 0 Å². The molecule has 7 rings (SSSR count). The maximum atomic E-state index is 13.7. The molecule has 1 saturated heterocycles. The molecular weight excluding hydrogens is 418 g/mol. The van der Waals surface area contributed by atoms with Crippen molar-refractivity contribution < 1.29 is 9.53 Å². The number of carbonyl (C=O) groups excluding carboxylic acids is 1. The Labute approximate surface area is 194 Å². The van der Waals surface area contributed by atoms with Gasteiger partial charge in [-0.2, -0.15) is 0 Å². The van der Waals surface area contributed by atoms with Gasteiger partial charge in [-0.3, -0.25) is 9.69 Å². The fraction of sp³-hybridized carbons (Fsp3) is 0.615. The Bertz CT molecular complexity index is 981. The predicted octanol–water partition coefficient (Wildman–Crippen LogP) is 5.22. The molecule has 4 bridgehead atoms. The second-order valence-electron chi connectivity index (χ2n) is 10.8. The van der Waals surface area contributed by atoms with Gasteiger partial charge in [-0.25, -0.2) is 4.98 Å². The van der Waals surface area contributed by atoms with Crippen molar-refractivity contribution in [2.75, 3.05) is 25.5 Å². The SMILES string of the molecule is COc1ccc(C23CC4CC(CC(C(=O)Nc5nc(CN6CCCC6)cs5)(C4)C2)C3)cc1. The van der Waals surface area contributed by atoms with Crippen LogP contribution in [0.15, 0.2) is 29.6 Å². The molecule has 2 heterocycles. The Hall–Kier alpha value is -1.92. The molecule has 5 aliphatic rings. The molecule has 1 aromatic heterocycles. The summed E-state index contributed by atoms with van der Waals surface area (Å²) < 4.78 is 5.38. The number of rotatable bonds is 6. The van der Waals surface area contributed by atoms with Crippen LogP contribution in [0.2, 0.25) is 0 Å². The maximum Gasteiger partial charge on any atom is 0.232 e. The molecule has 4 aliphatic carbocycles. The van der Waals surface area contributed by atoms with E-state index in [0.29, 0.717) is 11.8 Å². The first-order valence-electron chi connectivity index (χ1n) is 12.2. The van der Waals surface area contributed by atoms with Crippen LogP contribution in [0.1, 0.15) is 62.6 Å². The third kappa shape index (κ3) is 3.56. The summed E-state index contributed by atoms with van der Waals surface area (Å²) >= 11 is 1.58. The number of anilines is 1. The lowest BCUT2D eigenvalue weighted by molar-refractivity contribution is -0.143. The minimum atomic E-state index is -0.245. The van der Waals surface area contributed by atoms with Gasteiger partial charge in [0.15, 0.2) is 5.13 Å². The minimum absolute atomic E-state index is 0.136. The minimum Gasteiger partial charge on any atom is -0.497 e. The summed E-state index contributed by atoms with van der Waals surface area (Å²) in [4.78, 5) is 20.9. The van der Waals surface area contributed by atoms with Gasteiger partial charge in [0, 0.05) is 11.9 Å². The topological polar surface area (TPSA) is 54.5 Å².